The Bertz CT molecular complexity index is 275. The zero-order valence-corrected chi connectivity index (χ0v) is 9.11. The van der Waals surface area contributed by atoms with Crippen molar-refractivity contribution in [2.45, 2.75) is 13.3 Å². The highest BCUT2D eigenvalue weighted by Crippen LogP contribution is 2.27. The van der Waals surface area contributed by atoms with Crippen LogP contribution in [-0.2, 0) is 6.42 Å². The summed E-state index contributed by atoms with van der Waals surface area (Å²) in [6, 6.07) is 1.79. The minimum atomic E-state index is 0.0463. The maximum absolute atomic E-state index is 9.18. The van der Waals surface area contributed by atoms with E-state index in [9.17, 15) is 5.11 Å². The van der Waals surface area contributed by atoms with Gasteiger partial charge < -0.3 is 5.11 Å². The summed E-state index contributed by atoms with van der Waals surface area (Å²) in [6.45, 7) is 1.99. The molecule has 0 radical (unpaired) electrons. The van der Waals surface area contributed by atoms with Gasteiger partial charge in [0.2, 0.25) is 5.88 Å². The van der Waals surface area contributed by atoms with Gasteiger partial charge >= 0.3 is 0 Å². The Balaban J connectivity index is 3.21. The summed E-state index contributed by atoms with van der Waals surface area (Å²) in [5.74, 6) is 0.0463. The number of hydrogen-bond donors (Lipinski definition) is 1. The van der Waals surface area contributed by atoms with Gasteiger partial charge in [-0.1, -0.05) is 6.92 Å². The van der Waals surface area contributed by atoms with Gasteiger partial charge in [-0.05, 0) is 44.3 Å². The molecule has 0 unspecified atom stereocenters. The largest absolute Gasteiger partial charge is 0.492 e. The van der Waals surface area contributed by atoms with Crippen LogP contribution in [0.5, 0.6) is 5.88 Å². The fourth-order valence-electron chi connectivity index (χ4n) is 0.742. The Morgan fingerprint density at radius 2 is 2.09 bits per heavy atom. The van der Waals surface area contributed by atoms with E-state index >= 15 is 0 Å². The van der Waals surface area contributed by atoms with E-state index < -0.39 is 0 Å². The molecule has 11 heavy (non-hydrogen) atoms. The van der Waals surface area contributed by atoms with Crippen molar-refractivity contribution in [3.63, 3.8) is 0 Å². The van der Waals surface area contributed by atoms with Crippen molar-refractivity contribution >= 4 is 31.9 Å². The summed E-state index contributed by atoms with van der Waals surface area (Å²) in [4.78, 5) is 3.95. The molecule has 0 atom stereocenters. The molecule has 1 N–H and O–H groups in total. The van der Waals surface area contributed by atoms with Crippen molar-refractivity contribution in [2.75, 3.05) is 0 Å². The van der Waals surface area contributed by atoms with Crippen LogP contribution >= 0.6 is 31.9 Å². The zero-order chi connectivity index (χ0) is 8.43. The third kappa shape index (κ3) is 1.93. The van der Waals surface area contributed by atoms with Gasteiger partial charge in [0.05, 0.1) is 10.2 Å². The van der Waals surface area contributed by atoms with Crippen molar-refractivity contribution in [1.29, 1.82) is 0 Å². The van der Waals surface area contributed by atoms with Crippen LogP contribution in [0.15, 0.2) is 15.0 Å². The van der Waals surface area contributed by atoms with E-state index in [2.05, 4.69) is 36.8 Å². The Morgan fingerprint density at radius 3 is 2.64 bits per heavy atom. The second-order valence-corrected chi connectivity index (χ2v) is 3.78. The molecule has 0 saturated heterocycles. The first kappa shape index (κ1) is 9.00. The molecule has 0 aliphatic carbocycles. The van der Waals surface area contributed by atoms with Crippen molar-refractivity contribution < 1.29 is 5.11 Å². The van der Waals surface area contributed by atoms with Gasteiger partial charge in [0.25, 0.3) is 0 Å². The smallest absolute Gasteiger partial charge is 0.225 e. The van der Waals surface area contributed by atoms with E-state index in [0.717, 1.165) is 16.6 Å². The Morgan fingerprint density at radius 1 is 1.45 bits per heavy atom. The van der Waals surface area contributed by atoms with Crippen molar-refractivity contribution in [2.24, 2.45) is 0 Å². The Labute approximate surface area is 81.9 Å². The Hall–Kier alpha value is -0.0900. The molecule has 2 nitrogen and oxygen atoms in total. The van der Waals surface area contributed by atoms with Crippen LogP contribution in [0.3, 0.4) is 0 Å². The van der Waals surface area contributed by atoms with E-state index in [1.807, 2.05) is 6.92 Å². The highest BCUT2D eigenvalue weighted by Gasteiger charge is 2.04. The number of hydrogen-bond acceptors (Lipinski definition) is 2. The van der Waals surface area contributed by atoms with E-state index in [0.29, 0.717) is 4.47 Å². The molecular formula is C7H7Br2NO. The molecule has 60 valence electrons. The molecule has 0 fully saturated rings. The quantitative estimate of drug-likeness (QED) is 0.858. The van der Waals surface area contributed by atoms with Crippen LogP contribution in [0.25, 0.3) is 0 Å². The second kappa shape index (κ2) is 3.54. The SMILES string of the molecule is CCc1nc(O)c(Br)cc1Br. The summed E-state index contributed by atoms with van der Waals surface area (Å²) in [5, 5.41) is 9.18. The number of pyridine rings is 1. The summed E-state index contributed by atoms with van der Waals surface area (Å²) in [6.07, 6.45) is 0.807. The third-order valence-electron chi connectivity index (χ3n) is 1.32. The fourth-order valence-corrected chi connectivity index (χ4v) is 1.96. The highest BCUT2D eigenvalue weighted by molar-refractivity contribution is 9.11. The van der Waals surface area contributed by atoms with Crippen LogP contribution in [0.2, 0.25) is 0 Å². The van der Waals surface area contributed by atoms with Crippen molar-refractivity contribution in [3.8, 4) is 5.88 Å². The molecule has 1 aromatic rings. The zero-order valence-electron chi connectivity index (χ0n) is 5.93. The molecular weight excluding hydrogens is 274 g/mol. The van der Waals surface area contributed by atoms with Crippen molar-refractivity contribution in [3.05, 3.63) is 20.7 Å². The highest BCUT2D eigenvalue weighted by atomic mass is 79.9. The molecule has 0 saturated carbocycles. The number of aromatic nitrogens is 1. The standard InChI is InChI=1S/C7H7Br2NO/c1-2-6-4(8)3-5(9)7(11)10-6/h3H,2H2,1H3,(H,10,11). The molecule has 0 aromatic carbocycles. The first-order valence-electron chi connectivity index (χ1n) is 3.19. The first-order chi connectivity index (χ1) is 5.15. The lowest BCUT2D eigenvalue weighted by Gasteiger charge is -2.01. The summed E-state index contributed by atoms with van der Waals surface area (Å²) >= 11 is 6.50. The average molecular weight is 281 g/mol. The van der Waals surface area contributed by atoms with Crippen LogP contribution in [-0.4, -0.2) is 10.1 Å². The average Bonchev–Trinajstić information content (AvgIpc) is 1.97. The number of aromatic hydroxyl groups is 1. The van der Waals surface area contributed by atoms with Gasteiger partial charge in [-0.2, -0.15) is 0 Å². The molecule has 0 amide bonds. The molecule has 4 heteroatoms. The predicted octanol–water partition coefficient (Wildman–Crippen LogP) is 2.87. The molecule has 0 aliphatic rings. The van der Waals surface area contributed by atoms with Gasteiger partial charge in [-0.25, -0.2) is 4.98 Å². The second-order valence-electron chi connectivity index (χ2n) is 2.08. The predicted molar refractivity (Wildman–Crippen MR) is 50.7 cm³/mol. The normalized spacial score (nSPS) is 10.1. The van der Waals surface area contributed by atoms with E-state index in [4.69, 9.17) is 0 Å². The topological polar surface area (TPSA) is 33.1 Å². The molecule has 0 spiro atoms. The lowest BCUT2D eigenvalue weighted by atomic mass is 10.3. The summed E-state index contributed by atoms with van der Waals surface area (Å²) in [5.41, 5.74) is 0.866. The van der Waals surface area contributed by atoms with Gasteiger partial charge in [0, 0.05) is 4.47 Å². The Kier molecular flexibility index (Phi) is 2.90. The van der Waals surface area contributed by atoms with Crippen molar-refractivity contribution in [1.82, 2.24) is 4.98 Å². The van der Waals surface area contributed by atoms with Crippen LogP contribution in [0, 0.1) is 0 Å². The van der Waals surface area contributed by atoms with Gasteiger partial charge in [-0.3, -0.25) is 0 Å². The fraction of sp³-hybridized carbons (Fsp3) is 0.286. The number of aryl methyl sites for hydroxylation is 1. The van der Waals surface area contributed by atoms with Gasteiger partial charge in [0.15, 0.2) is 0 Å². The monoisotopic (exact) mass is 279 g/mol. The summed E-state index contributed by atoms with van der Waals surface area (Å²) < 4.78 is 1.53. The van der Waals surface area contributed by atoms with E-state index in [1.165, 1.54) is 0 Å². The number of halogens is 2. The van der Waals surface area contributed by atoms with Crippen LogP contribution < -0.4 is 0 Å². The summed E-state index contributed by atoms with van der Waals surface area (Å²) in [7, 11) is 0. The molecule has 1 rings (SSSR count). The molecule has 0 bridgehead atoms. The molecule has 0 aliphatic heterocycles. The maximum Gasteiger partial charge on any atom is 0.225 e. The number of nitrogens with zero attached hydrogens (tertiary/aromatic N) is 1. The molecule has 1 heterocycles. The third-order valence-corrected chi connectivity index (χ3v) is 2.59. The van der Waals surface area contributed by atoms with E-state index in [-0.39, 0.29) is 5.88 Å². The minimum Gasteiger partial charge on any atom is -0.492 e. The van der Waals surface area contributed by atoms with E-state index in [1.54, 1.807) is 6.07 Å². The maximum atomic E-state index is 9.18. The van der Waals surface area contributed by atoms with Crippen LogP contribution in [0.1, 0.15) is 12.6 Å². The van der Waals surface area contributed by atoms with Gasteiger partial charge in [-0.15, -0.1) is 0 Å². The van der Waals surface area contributed by atoms with Crippen LogP contribution in [0.4, 0.5) is 0 Å². The molecule has 1 aromatic heterocycles. The number of rotatable bonds is 1. The lowest BCUT2D eigenvalue weighted by Crippen LogP contribution is -1.88. The van der Waals surface area contributed by atoms with Gasteiger partial charge in [0.1, 0.15) is 0 Å². The lowest BCUT2D eigenvalue weighted by molar-refractivity contribution is 0.447. The minimum absolute atomic E-state index is 0.0463. The first-order valence-corrected chi connectivity index (χ1v) is 4.77.